The van der Waals surface area contributed by atoms with E-state index in [1.807, 2.05) is 20.8 Å². The van der Waals surface area contributed by atoms with Gasteiger partial charge in [0.05, 0.1) is 12.0 Å². The second kappa shape index (κ2) is 5.63. The molecular formula is C16H24O5. The van der Waals surface area contributed by atoms with Gasteiger partial charge in [-0.1, -0.05) is 11.6 Å². The summed E-state index contributed by atoms with van der Waals surface area (Å²) in [5.74, 6) is -0.740. The van der Waals surface area contributed by atoms with Crippen molar-refractivity contribution in [3.8, 4) is 0 Å². The van der Waals surface area contributed by atoms with Crippen molar-refractivity contribution >= 4 is 12.1 Å². The third-order valence-corrected chi connectivity index (χ3v) is 4.72. The molecule has 2 fully saturated rings. The molecule has 0 aromatic heterocycles. The lowest BCUT2D eigenvalue weighted by atomic mass is 9.66. The number of methoxy groups -OCH3 is 1. The Kier molecular flexibility index (Phi) is 4.38. The maximum Gasteiger partial charge on any atom is 0.162 e. The van der Waals surface area contributed by atoms with Crippen LogP contribution >= 0.6 is 0 Å². The third-order valence-electron chi connectivity index (χ3n) is 4.72. The van der Waals surface area contributed by atoms with E-state index in [0.29, 0.717) is 12.7 Å². The molecule has 21 heavy (non-hydrogen) atoms. The Morgan fingerprint density at radius 2 is 2.19 bits per heavy atom. The van der Waals surface area contributed by atoms with Gasteiger partial charge in [-0.25, -0.2) is 0 Å². The molecule has 0 radical (unpaired) electrons. The number of rotatable bonds is 5. The normalized spacial score (nSPS) is 42.5. The predicted octanol–water partition coefficient (Wildman–Crippen LogP) is 1.42. The van der Waals surface area contributed by atoms with Crippen molar-refractivity contribution in [2.24, 2.45) is 5.92 Å². The molecule has 1 saturated heterocycles. The maximum absolute atomic E-state index is 12.1. The van der Waals surface area contributed by atoms with E-state index in [1.165, 1.54) is 12.7 Å². The molecule has 5 unspecified atom stereocenters. The van der Waals surface area contributed by atoms with Crippen LogP contribution in [0.4, 0.5) is 0 Å². The summed E-state index contributed by atoms with van der Waals surface area (Å²) in [6.45, 7) is 5.85. The number of epoxide rings is 1. The van der Waals surface area contributed by atoms with Crippen LogP contribution in [-0.2, 0) is 19.1 Å². The molecule has 0 aromatic carbocycles. The van der Waals surface area contributed by atoms with E-state index in [2.05, 4.69) is 6.08 Å². The topological polar surface area (TPSA) is 76.1 Å². The van der Waals surface area contributed by atoms with Crippen LogP contribution in [0.25, 0.3) is 0 Å². The molecule has 1 saturated carbocycles. The Hall–Kier alpha value is -1.04. The summed E-state index contributed by atoms with van der Waals surface area (Å²) in [7, 11) is 1.43. The molecule has 1 heterocycles. The van der Waals surface area contributed by atoms with Gasteiger partial charge in [-0.3, -0.25) is 4.79 Å². The Bertz CT molecular complexity index is 467. The fourth-order valence-electron chi connectivity index (χ4n) is 3.44. The van der Waals surface area contributed by atoms with Crippen LogP contribution in [0.5, 0.6) is 0 Å². The SMILES string of the molecule is COC1C(=O)CCC(O)(C=O)C1C1(C)OC1CC=C(C)C. The zero-order valence-electron chi connectivity index (χ0n) is 13.1. The fourth-order valence-corrected chi connectivity index (χ4v) is 3.44. The van der Waals surface area contributed by atoms with Crippen LogP contribution < -0.4 is 0 Å². The van der Waals surface area contributed by atoms with E-state index in [1.54, 1.807) is 0 Å². The highest BCUT2D eigenvalue weighted by Crippen LogP contribution is 2.53. The van der Waals surface area contributed by atoms with Crippen LogP contribution in [0.15, 0.2) is 11.6 Å². The van der Waals surface area contributed by atoms with Crippen molar-refractivity contribution in [3.05, 3.63) is 11.6 Å². The van der Waals surface area contributed by atoms with E-state index >= 15 is 0 Å². The van der Waals surface area contributed by atoms with Gasteiger partial charge in [0.1, 0.15) is 17.3 Å². The average molecular weight is 296 g/mol. The first kappa shape index (κ1) is 16.3. The minimum absolute atomic E-state index is 0.0771. The summed E-state index contributed by atoms with van der Waals surface area (Å²) >= 11 is 0. The van der Waals surface area contributed by atoms with E-state index in [-0.39, 0.29) is 24.7 Å². The van der Waals surface area contributed by atoms with Crippen LogP contribution in [0, 0.1) is 5.92 Å². The molecule has 0 aromatic rings. The van der Waals surface area contributed by atoms with Gasteiger partial charge in [0.25, 0.3) is 0 Å². The summed E-state index contributed by atoms with van der Waals surface area (Å²) in [5, 5.41) is 10.6. The Morgan fingerprint density at radius 3 is 2.71 bits per heavy atom. The predicted molar refractivity (Wildman–Crippen MR) is 76.9 cm³/mol. The molecule has 1 aliphatic heterocycles. The molecule has 2 aliphatic rings. The van der Waals surface area contributed by atoms with Gasteiger partial charge in [0, 0.05) is 13.5 Å². The van der Waals surface area contributed by atoms with Crippen LogP contribution in [0.1, 0.15) is 40.0 Å². The van der Waals surface area contributed by atoms with E-state index in [4.69, 9.17) is 9.47 Å². The maximum atomic E-state index is 12.1. The average Bonchev–Trinajstić information content (AvgIpc) is 3.10. The zero-order valence-corrected chi connectivity index (χ0v) is 13.1. The minimum Gasteiger partial charge on any atom is -0.382 e. The summed E-state index contributed by atoms with van der Waals surface area (Å²) in [4.78, 5) is 23.5. The highest BCUT2D eigenvalue weighted by molar-refractivity contribution is 5.87. The Balaban J connectivity index is 2.26. The number of hydrogen-bond donors (Lipinski definition) is 1. The Morgan fingerprint density at radius 1 is 1.52 bits per heavy atom. The van der Waals surface area contributed by atoms with Gasteiger partial charge < -0.3 is 19.4 Å². The molecule has 0 spiro atoms. The number of hydrogen-bond acceptors (Lipinski definition) is 5. The number of carbonyl (C=O) groups excluding carboxylic acids is 2. The largest absolute Gasteiger partial charge is 0.382 e. The number of ether oxygens (including phenoxy) is 2. The molecule has 5 atom stereocenters. The lowest BCUT2D eigenvalue weighted by Gasteiger charge is -2.42. The number of carbonyl (C=O) groups is 2. The highest BCUT2D eigenvalue weighted by atomic mass is 16.6. The van der Waals surface area contributed by atoms with Crippen LogP contribution in [0.2, 0.25) is 0 Å². The first-order valence-electron chi connectivity index (χ1n) is 7.34. The van der Waals surface area contributed by atoms with Crippen molar-refractivity contribution in [1.29, 1.82) is 0 Å². The third kappa shape index (κ3) is 2.82. The molecule has 1 N–H and O–H groups in total. The van der Waals surface area contributed by atoms with Crippen molar-refractivity contribution in [2.45, 2.75) is 63.4 Å². The first-order chi connectivity index (χ1) is 9.78. The highest BCUT2D eigenvalue weighted by Gasteiger charge is 2.67. The number of aliphatic hydroxyl groups is 1. The standard InChI is InChI=1S/C16H24O5/c1-10(2)5-6-12-15(3,21-12)14-13(20-4)11(18)7-8-16(14,19)9-17/h5,9,12-14,19H,6-8H2,1-4H3. The minimum atomic E-state index is -1.57. The van der Waals surface area contributed by atoms with Gasteiger partial charge in [0.15, 0.2) is 12.1 Å². The van der Waals surface area contributed by atoms with Gasteiger partial charge in [-0.05, 0) is 33.6 Å². The zero-order chi connectivity index (χ0) is 15.8. The second-order valence-corrected chi connectivity index (χ2v) is 6.52. The molecule has 5 nitrogen and oxygen atoms in total. The summed E-state index contributed by atoms with van der Waals surface area (Å²) in [6.07, 6.45) is 2.69. The molecule has 1 aliphatic carbocycles. The van der Waals surface area contributed by atoms with Crippen molar-refractivity contribution in [2.75, 3.05) is 7.11 Å². The van der Waals surface area contributed by atoms with Crippen LogP contribution in [0.3, 0.4) is 0 Å². The summed E-state index contributed by atoms with van der Waals surface area (Å²) in [5.41, 5.74) is -1.09. The van der Waals surface area contributed by atoms with Gasteiger partial charge in [-0.15, -0.1) is 0 Å². The number of Topliss-reactive ketones (excluding diaryl/α,β-unsaturated/α-hetero) is 1. The monoisotopic (exact) mass is 296 g/mol. The summed E-state index contributed by atoms with van der Waals surface area (Å²) in [6, 6.07) is 0. The van der Waals surface area contributed by atoms with Crippen molar-refractivity contribution in [3.63, 3.8) is 0 Å². The lowest BCUT2D eigenvalue weighted by molar-refractivity contribution is -0.166. The lowest BCUT2D eigenvalue weighted by Crippen LogP contribution is -2.59. The smallest absolute Gasteiger partial charge is 0.162 e. The number of ketones is 1. The van der Waals surface area contributed by atoms with E-state index < -0.39 is 23.2 Å². The van der Waals surface area contributed by atoms with E-state index in [0.717, 1.165) is 0 Å². The van der Waals surface area contributed by atoms with Gasteiger partial charge >= 0.3 is 0 Å². The van der Waals surface area contributed by atoms with Gasteiger partial charge in [0.2, 0.25) is 0 Å². The van der Waals surface area contributed by atoms with Gasteiger partial charge in [-0.2, -0.15) is 0 Å². The molecule has 2 rings (SSSR count). The number of allylic oxidation sites excluding steroid dienone is 1. The molecule has 5 heteroatoms. The molecule has 0 bridgehead atoms. The van der Waals surface area contributed by atoms with Crippen LogP contribution in [-0.4, -0.2) is 47.7 Å². The molecule has 118 valence electrons. The quantitative estimate of drug-likeness (QED) is 0.472. The molecular weight excluding hydrogens is 272 g/mol. The first-order valence-corrected chi connectivity index (χ1v) is 7.34. The Labute approximate surface area is 125 Å². The number of aldehydes is 1. The molecule has 0 amide bonds. The van der Waals surface area contributed by atoms with Crippen molar-refractivity contribution in [1.82, 2.24) is 0 Å². The van der Waals surface area contributed by atoms with Crippen molar-refractivity contribution < 1.29 is 24.2 Å². The van der Waals surface area contributed by atoms with E-state index in [9.17, 15) is 14.7 Å². The second-order valence-electron chi connectivity index (χ2n) is 6.52. The summed E-state index contributed by atoms with van der Waals surface area (Å²) < 4.78 is 11.1. The fraction of sp³-hybridized carbons (Fsp3) is 0.750.